The smallest absolute Gasteiger partial charge is 0.148 e. The molecule has 1 fully saturated rings. The van der Waals surface area contributed by atoms with Crippen LogP contribution in [-0.2, 0) is 15.6 Å². The SMILES string of the molecule is Cc1ccc(S(=O)C2CCCC2=O)cc1C. The summed E-state index contributed by atoms with van der Waals surface area (Å²) < 4.78 is 12.2. The minimum atomic E-state index is -1.16. The van der Waals surface area contributed by atoms with Gasteiger partial charge in [-0.1, -0.05) is 6.07 Å². The molecule has 3 heteroatoms. The highest BCUT2D eigenvalue weighted by Crippen LogP contribution is 2.25. The molecule has 86 valence electrons. The van der Waals surface area contributed by atoms with E-state index in [-0.39, 0.29) is 11.0 Å². The highest BCUT2D eigenvalue weighted by atomic mass is 32.2. The number of aryl methyl sites for hydroxylation is 2. The number of hydrogen-bond donors (Lipinski definition) is 0. The molecule has 0 spiro atoms. The molecule has 0 N–H and O–H groups in total. The monoisotopic (exact) mass is 236 g/mol. The van der Waals surface area contributed by atoms with Crippen molar-refractivity contribution in [1.29, 1.82) is 0 Å². The third-order valence-corrected chi connectivity index (χ3v) is 4.95. The lowest BCUT2D eigenvalue weighted by atomic mass is 10.1. The average molecular weight is 236 g/mol. The largest absolute Gasteiger partial charge is 0.298 e. The van der Waals surface area contributed by atoms with Gasteiger partial charge in [-0.2, -0.15) is 0 Å². The lowest BCUT2D eigenvalue weighted by molar-refractivity contribution is -0.117. The van der Waals surface area contributed by atoms with Crippen LogP contribution in [0.2, 0.25) is 0 Å². The fourth-order valence-electron chi connectivity index (χ4n) is 2.01. The van der Waals surface area contributed by atoms with E-state index in [4.69, 9.17) is 0 Å². The van der Waals surface area contributed by atoms with Gasteiger partial charge in [0.25, 0.3) is 0 Å². The van der Waals surface area contributed by atoms with E-state index in [1.165, 1.54) is 5.56 Å². The van der Waals surface area contributed by atoms with Gasteiger partial charge >= 0.3 is 0 Å². The third-order valence-electron chi connectivity index (χ3n) is 3.22. The Morgan fingerprint density at radius 3 is 2.56 bits per heavy atom. The van der Waals surface area contributed by atoms with Crippen LogP contribution in [0, 0.1) is 13.8 Å². The highest BCUT2D eigenvalue weighted by molar-refractivity contribution is 7.86. The molecule has 0 bridgehead atoms. The number of carbonyl (C=O) groups excluding carboxylic acids is 1. The van der Waals surface area contributed by atoms with Crippen LogP contribution in [0.5, 0.6) is 0 Å². The summed E-state index contributed by atoms with van der Waals surface area (Å²) in [6.45, 7) is 4.04. The van der Waals surface area contributed by atoms with E-state index < -0.39 is 10.8 Å². The minimum absolute atomic E-state index is 0.163. The zero-order valence-corrected chi connectivity index (χ0v) is 10.5. The fourth-order valence-corrected chi connectivity index (χ4v) is 3.57. The summed E-state index contributed by atoms with van der Waals surface area (Å²) in [4.78, 5) is 12.3. The summed E-state index contributed by atoms with van der Waals surface area (Å²) in [5, 5.41) is -0.262. The number of benzene rings is 1. The molecule has 16 heavy (non-hydrogen) atoms. The van der Waals surface area contributed by atoms with Gasteiger partial charge in [-0.05, 0) is 49.9 Å². The predicted octanol–water partition coefficient (Wildman–Crippen LogP) is 2.53. The molecule has 0 amide bonds. The molecule has 1 aromatic carbocycles. The second-order valence-corrected chi connectivity index (χ2v) is 6.03. The van der Waals surface area contributed by atoms with Gasteiger partial charge in [0.05, 0.1) is 16.0 Å². The van der Waals surface area contributed by atoms with Crippen LogP contribution in [-0.4, -0.2) is 15.2 Å². The first kappa shape index (κ1) is 11.5. The summed E-state index contributed by atoms with van der Waals surface area (Å²) in [6, 6.07) is 5.79. The number of hydrogen-bond acceptors (Lipinski definition) is 2. The van der Waals surface area contributed by atoms with E-state index in [0.717, 1.165) is 23.3 Å². The summed E-state index contributed by atoms with van der Waals surface area (Å²) in [7, 11) is -1.16. The highest BCUT2D eigenvalue weighted by Gasteiger charge is 2.30. The Bertz CT molecular complexity index is 451. The molecule has 0 aromatic heterocycles. The first-order valence-corrected chi connectivity index (χ1v) is 6.81. The van der Waals surface area contributed by atoms with Gasteiger partial charge in [0.15, 0.2) is 0 Å². The van der Waals surface area contributed by atoms with E-state index in [2.05, 4.69) is 0 Å². The molecular formula is C13H16O2S. The van der Waals surface area contributed by atoms with Gasteiger partial charge in [-0.3, -0.25) is 9.00 Å². The van der Waals surface area contributed by atoms with Crippen LogP contribution in [0.15, 0.2) is 23.1 Å². The van der Waals surface area contributed by atoms with Crippen molar-refractivity contribution in [2.24, 2.45) is 0 Å². The van der Waals surface area contributed by atoms with Crippen molar-refractivity contribution in [2.45, 2.75) is 43.3 Å². The molecule has 1 aromatic rings. The van der Waals surface area contributed by atoms with Crippen LogP contribution in [0.25, 0.3) is 0 Å². The standard InChI is InChI=1S/C13H16O2S/c1-9-6-7-11(8-10(9)2)16(15)13-5-3-4-12(13)14/h6-8,13H,3-5H2,1-2H3. The van der Waals surface area contributed by atoms with Crippen LogP contribution in [0.1, 0.15) is 30.4 Å². The Morgan fingerprint density at radius 1 is 1.25 bits per heavy atom. The Morgan fingerprint density at radius 2 is 2.00 bits per heavy atom. The Balaban J connectivity index is 2.27. The molecule has 2 rings (SSSR count). The number of ketones is 1. The van der Waals surface area contributed by atoms with Gasteiger partial charge in [0, 0.05) is 11.3 Å². The normalized spacial score (nSPS) is 22.4. The zero-order chi connectivity index (χ0) is 11.7. The molecule has 1 aliphatic carbocycles. The molecule has 0 saturated heterocycles. The molecule has 1 aliphatic rings. The molecule has 0 radical (unpaired) electrons. The van der Waals surface area contributed by atoms with Crippen molar-refractivity contribution in [3.63, 3.8) is 0 Å². The van der Waals surface area contributed by atoms with E-state index in [1.54, 1.807) is 0 Å². The quantitative estimate of drug-likeness (QED) is 0.790. The van der Waals surface area contributed by atoms with E-state index in [1.807, 2.05) is 32.0 Å². The first-order chi connectivity index (χ1) is 7.59. The maximum absolute atomic E-state index is 12.2. The summed E-state index contributed by atoms with van der Waals surface area (Å²) in [6.07, 6.45) is 2.26. The van der Waals surface area contributed by atoms with Crippen molar-refractivity contribution >= 4 is 16.6 Å². The van der Waals surface area contributed by atoms with E-state index in [9.17, 15) is 9.00 Å². The minimum Gasteiger partial charge on any atom is -0.298 e. The lowest BCUT2D eigenvalue weighted by Gasteiger charge is -2.09. The third kappa shape index (κ3) is 2.09. The van der Waals surface area contributed by atoms with Crippen molar-refractivity contribution in [2.75, 3.05) is 0 Å². The molecular weight excluding hydrogens is 220 g/mol. The summed E-state index contributed by atoms with van der Waals surface area (Å²) >= 11 is 0. The molecule has 2 nitrogen and oxygen atoms in total. The van der Waals surface area contributed by atoms with Crippen LogP contribution >= 0.6 is 0 Å². The molecule has 2 unspecified atom stereocenters. The van der Waals surface area contributed by atoms with Gasteiger partial charge in [0.2, 0.25) is 0 Å². The maximum Gasteiger partial charge on any atom is 0.148 e. The second-order valence-electron chi connectivity index (χ2n) is 4.39. The first-order valence-electron chi connectivity index (χ1n) is 5.60. The van der Waals surface area contributed by atoms with Gasteiger partial charge in [0.1, 0.15) is 5.78 Å². The maximum atomic E-state index is 12.2. The van der Waals surface area contributed by atoms with Crippen molar-refractivity contribution in [1.82, 2.24) is 0 Å². The summed E-state index contributed by atoms with van der Waals surface area (Å²) in [5.74, 6) is 0.163. The van der Waals surface area contributed by atoms with E-state index in [0.29, 0.717) is 6.42 Å². The average Bonchev–Trinajstić information content (AvgIpc) is 2.67. The summed E-state index contributed by atoms with van der Waals surface area (Å²) in [5.41, 5.74) is 2.33. The topological polar surface area (TPSA) is 34.1 Å². The zero-order valence-electron chi connectivity index (χ0n) is 9.66. The number of carbonyl (C=O) groups is 1. The second kappa shape index (κ2) is 4.50. The van der Waals surface area contributed by atoms with Crippen molar-refractivity contribution in [3.8, 4) is 0 Å². The van der Waals surface area contributed by atoms with Gasteiger partial charge in [-0.25, -0.2) is 0 Å². The number of rotatable bonds is 2. The molecule has 1 saturated carbocycles. The van der Waals surface area contributed by atoms with Crippen molar-refractivity contribution < 1.29 is 9.00 Å². The molecule has 0 aliphatic heterocycles. The Labute approximate surface area is 98.5 Å². The lowest BCUT2D eigenvalue weighted by Crippen LogP contribution is -2.19. The van der Waals surface area contributed by atoms with Crippen molar-refractivity contribution in [3.05, 3.63) is 29.3 Å². The Kier molecular flexibility index (Phi) is 3.24. The molecule has 2 atom stereocenters. The van der Waals surface area contributed by atoms with Gasteiger partial charge in [-0.15, -0.1) is 0 Å². The van der Waals surface area contributed by atoms with Crippen LogP contribution in [0.4, 0.5) is 0 Å². The molecule has 0 heterocycles. The fraction of sp³-hybridized carbons (Fsp3) is 0.462. The number of Topliss-reactive ketones (excluding diaryl/α,β-unsaturated/α-hetero) is 1. The Hall–Kier alpha value is -0.960. The predicted molar refractivity (Wildman–Crippen MR) is 65.0 cm³/mol. The van der Waals surface area contributed by atoms with Crippen LogP contribution in [0.3, 0.4) is 0 Å². The van der Waals surface area contributed by atoms with E-state index >= 15 is 0 Å². The van der Waals surface area contributed by atoms with Gasteiger partial charge < -0.3 is 0 Å². The van der Waals surface area contributed by atoms with Crippen LogP contribution < -0.4 is 0 Å².